The van der Waals surface area contributed by atoms with Crippen LogP contribution in [0.25, 0.3) is 0 Å². The van der Waals surface area contributed by atoms with E-state index in [0.717, 1.165) is 6.07 Å². The predicted molar refractivity (Wildman–Crippen MR) is 90.6 cm³/mol. The molecule has 0 radical (unpaired) electrons. The van der Waals surface area contributed by atoms with E-state index in [0.29, 0.717) is 5.70 Å². The van der Waals surface area contributed by atoms with E-state index < -0.39 is 28.7 Å². The minimum Gasteiger partial charge on any atom is -0.460 e. The molecule has 136 valence electrons. The van der Waals surface area contributed by atoms with Gasteiger partial charge in [-0.3, -0.25) is 10.1 Å². The Kier molecular flexibility index (Phi) is 5.41. The number of ether oxygens (including phenoxy) is 1. The molecule has 1 atom stereocenters. The van der Waals surface area contributed by atoms with Crippen LogP contribution in [0.5, 0.6) is 0 Å². The van der Waals surface area contributed by atoms with Gasteiger partial charge in [-0.2, -0.15) is 5.26 Å². The highest BCUT2D eigenvalue weighted by Crippen LogP contribution is 2.40. The molecule has 1 heterocycles. The number of carbonyl (C=O) groups is 1. The topological polar surface area (TPSA) is 105 Å². The molecule has 1 aromatic carbocycles. The molecule has 7 nitrogen and oxygen atoms in total. The highest BCUT2D eigenvalue weighted by Gasteiger charge is 2.42. The Morgan fingerprint density at radius 1 is 1.38 bits per heavy atom. The summed E-state index contributed by atoms with van der Waals surface area (Å²) in [4.78, 5) is 23.6. The lowest BCUT2D eigenvalue weighted by Crippen LogP contribution is -2.32. The fourth-order valence-corrected chi connectivity index (χ4v) is 2.91. The van der Waals surface area contributed by atoms with Gasteiger partial charge in [-0.25, -0.2) is 9.18 Å². The lowest BCUT2D eigenvalue weighted by Gasteiger charge is -2.27. The molecule has 0 unspecified atom stereocenters. The fraction of sp³-hybridized carbons (Fsp3) is 0.333. The van der Waals surface area contributed by atoms with Crippen LogP contribution in [0.2, 0.25) is 0 Å². The SMILES string of the molecule is CC1=C(C(=O)OC(C)C)[C@@H](c2ccc(C#N)cc2F)C([N+](=O)[O-])=C(C)N1. The van der Waals surface area contributed by atoms with Crippen LogP contribution in [0, 0.1) is 27.3 Å². The largest absolute Gasteiger partial charge is 0.460 e. The Balaban J connectivity index is 2.70. The van der Waals surface area contributed by atoms with Crippen molar-refractivity contribution in [3.8, 4) is 6.07 Å². The van der Waals surface area contributed by atoms with Crippen LogP contribution in [0.1, 0.15) is 44.7 Å². The van der Waals surface area contributed by atoms with Crippen LogP contribution in [0.15, 0.2) is 40.9 Å². The van der Waals surface area contributed by atoms with Gasteiger partial charge in [0.2, 0.25) is 0 Å². The molecule has 1 aromatic rings. The number of hydrogen-bond acceptors (Lipinski definition) is 6. The number of nitrogens with zero attached hydrogens (tertiary/aromatic N) is 2. The molecule has 0 saturated heterocycles. The summed E-state index contributed by atoms with van der Waals surface area (Å²) in [5.41, 5.74) is 0.214. The summed E-state index contributed by atoms with van der Waals surface area (Å²) in [5.74, 6) is -2.80. The van der Waals surface area contributed by atoms with E-state index in [-0.39, 0.29) is 28.1 Å². The highest BCUT2D eigenvalue weighted by atomic mass is 19.1. The molecule has 0 bridgehead atoms. The molecule has 0 fully saturated rings. The number of esters is 1. The molecular weight excluding hydrogens is 341 g/mol. The van der Waals surface area contributed by atoms with Crippen molar-refractivity contribution in [2.45, 2.75) is 39.7 Å². The standard InChI is InChI=1S/C18H18FN3O4/c1-9(2)26-18(23)15-10(3)21-11(4)17(22(24)25)16(15)13-6-5-12(8-20)7-14(13)19/h5-7,9,16,21H,1-4H3/t16-/m1/s1. The van der Waals surface area contributed by atoms with E-state index in [4.69, 9.17) is 10.00 Å². The molecule has 26 heavy (non-hydrogen) atoms. The summed E-state index contributed by atoms with van der Waals surface area (Å²) < 4.78 is 19.8. The smallest absolute Gasteiger partial charge is 0.337 e. The van der Waals surface area contributed by atoms with E-state index in [1.807, 2.05) is 6.07 Å². The Morgan fingerprint density at radius 2 is 2.04 bits per heavy atom. The number of nitriles is 1. The number of carbonyl (C=O) groups excluding carboxylic acids is 1. The third-order valence-electron chi connectivity index (χ3n) is 3.93. The van der Waals surface area contributed by atoms with Crippen molar-refractivity contribution >= 4 is 5.97 Å². The van der Waals surface area contributed by atoms with Crippen LogP contribution in [-0.4, -0.2) is 17.0 Å². The van der Waals surface area contributed by atoms with Gasteiger partial charge in [0.25, 0.3) is 5.70 Å². The van der Waals surface area contributed by atoms with Crippen molar-refractivity contribution in [1.82, 2.24) is 5.32 Å². The van der Waals surface area contributed by atoms with Crippen LogP contribution < -0.4 is 5.32 Å². The summed E-state index contributed by atoms with van der Waals surface area (Å²) in [5, 5.41) is 23.3. The van der Waals surface area contributed by atoms with Crippen LogP contribution in [-0.2, 0) is 9.53 Å². The van der Waals surface area contributed by atoms with Gasteiger partial charge in [-0.15, -0.1) is 0 Å². The zero-order chi connectivity index (χ0) is 19.6. The van der Waals surface area contributed by atoms with Gasteiger partial charge in [-0.05, 0) is 39.8 Å². The third kappa shape index (κ3) is 3.57. The maximum absolute atomic E-state index is 14.6. The van der Waals surface area contributed by atoms with Gasteiger partial charge in [-0.1, -0.05) is 6.07 Å². The second-order valence-corrected chi connectivity index (χ2v) is 6.17. The van der Waals surface area contributed by atoms with Gasteiger partial charge in [0.05, 0.1) is 33.9 Å². The van der Waals surface area contributed by atoms with Crippen molar-refractivity contribution in [2.24, 2.45) is 0 Å². The Labute approximate surface area is 149 Å². The highest BCUT2D eigenvalue weighted by molar-refractivity contribution is 5.92. The predicted octanol–water partition coefficient (Wildman–Crippen LogP) is 3.12. The second kappa shape index (κ2) is 7.35. The summed E-state index contributed by atoms with van der Waals surface area (Å²) in [6.07, 6.45) is -0.444. The van der Waals surface area contributed by atoms with Crippen LogP contribution in [0.4, 0.5) is 4.39 Å². The zero-order valence-electron chi connectivity index (χ0n) is 14.8. The van der Waals surface area contributed by atoms with E-state index in [2.05, 4.69) is 5.32 Å². The number of allylic oxidation sites excluding steroid dienone is 3. The average Bonchev–Trinajstić information content (AvgIpc) is 2.52. The Bertz CT molecular complexity index is 881. The first-order valence-corrected chi connectivity index (χ1v) is 7.90. The summed E-state index contributed by atoms with van der Waals surface area (Å²) in [6, 6.07) is 5.44. The average molecular weight is 359 g/mol. The van der Waals surface area contributed by atoms with E-state index in [1.165, 1.54) is 19.1 Å². The zero-order valence-corrected chi connectivity index (χ0v) is 14.8. The molecule has 1 aliphatic heterocycles. The van der Waals surface area contributed by atoms with E-state index in [1.54, 1.807) is 20.8 Å². The molecule has 0 spiro atoms. The molecule has 1 aliphatic rings. The second-order valence-electron chi connectivity index (χ2n) is 6.17. The van der Waals surface area contributed by atoms with Crippen LogP contribution in [0.3, 0.4) is 0 Å². The molecule has 0 amide bonds. The van der Waals surface area contributed by atoms with Crippen molar-refractivity contribution in [1.29, 1.82) is 5.26 Å². The maximum atomic E-state index is 14.6. The molecule has 8 heteroatoms. The lowest BCUT2D eigenvalue weighted by atomic mass is 9.83. The first kappa shape index (κ1) is 19.1. The van der Waals surface area contributed by atoms with Crippen molar-refractivity contribution in [3.63, 3.8) is 0 Å². The minimum atomic E-state index is -1.25. The Morgan fingerprint density at radius 3 is 2.54 bits per heavy atom. The number of benzene rings is 1. The first-order chi connectivity index (χ1) is 12.2. The van der Waals surface area contributed by atoms with Crippen molar-refractivity contribution < 1.29 is 18.8 Å². The molecule has 0 saturated carbocycles. The summed E-state index contributed by atoms with van der Waals surface area (Å²) >= 11 is 0. The van der Waals surface area contributed by atoms with Gasteiger partial charge >= 0.3 is 5.97 Å². The van der Waals surface area contributed by atoms with Gasteiger partial charge < -0.3 is 10.1 Å². The van der Waals surface area contributed by atoms with Gasteiger partial charge in [0, 0.05) is 11.3 Å². The molecule has 2 rings (SSSR count). The summed E-state index contributed by atoms with van der Waals surface area (Å²) in [7, 11) is 0. The van der Waals surface area contributed by atoms with Crippen molar-refractivity contribution in [2.75, 3.05) is 0 Å². The number of halogens is 1. The van der Waals surface area contributed by atoms with Gasteiger partial charge in [0.15, 0.2) is 0 Å². The molecule has 0 aliphatic carbocycles. The molecule has 1 N–H and O–H groups in total. The lowest BCUT2D eigenvalue weighted by molar-refractivity contribution is -0.431. The number of nitro groups is 1. The van der Waals surface area contributed by atoms with E-state index >= 15 is 0 Å². The van der Waals surface area contributed by atoms with Gasteiger partial charge in [0.1, 0.15) is 11.7 Å². The fourth-order valence-electron chi connectivity index (χ4n) is 2.91. The number of rotatable bonds is 4. The number of dihydropyridines is 1. The third-order valence-corrected chi connectivity index (χ3v) is 3.93. The summed E-state index contributed by atoms with van der Waals surface area (Å²) in [6.45, 7) is 6.36. The van der Waals surface area contributed by atoms with Crippen molar-refractivity contribution in [3.05, 3.63) is 67.9 Å². The first-order valence-electron chi connectivity index (χ1n) is 7.90. The quantitative estimate of drug-likeness (QED) is 0.503. The number of nitrogens with one attached hydrogen (secondary N) is 1. The molecular formula is C18H18FN3O4. The maximum Gasteiger partial charge on any atom is 0.337 e. The normalized spacial score (nSPS) is 17.0. The molecule has 0 aromatic heterocycles. The Hall–Kier alpha value is -3.21. The van der Waals surface area contributed by atoms with E-state index in [9.17, 15) is 19.3 Å². The minimum absolute atomic E-state index is 0.0281. The van der Waals surface area contributed by atoms with Crippen LogP contribution >= 0.6 is 0 Å². The number of hydrogen-bond donors (Lipinski definition) is 1. The monoisotopic (exact) mass is 359 g/mol.